The molecule has 1 aliphatic heterocycles. The molecule has 2 rings (SSSR count). The highest BCUT2D eigenvalue weighted by Gasteiger charge is 2.49. The van der Waals surface area contributed by atoms with Gasteiger partial charge in [-0.15, -0.1) is 0 Å². The fourth-order valence-electron chi connectivity index (χ4n) is 1.95. The molecule has 0 bridgehead atoms. The molecular weight excluding hydrogens is 264 g/mol. The third kappa shape index (κ3) is 2.70. The second-order valence-electron chi connectivity index (χ2n) is 4.25. The van der Waals surface area contributed by atoms with E-state index in [1.54, 1.807) is 12.1 Å². The first-order valence-corrected chi connectivity index (χ1v) is 5.72. The number of benzene rings is 1. The van der Waals surface area contributed by atoms with Crippen LogP contribution in [0.1, 0.15) is 11.1 Å². The van der Waals surface area contributed by atoms with Gasteiger partial charge in [0, 0.05) is 12.2 Å². The van der Waals surface area contributed by atoms with Gasteiger partial charge in [0.1, 0.15) is 0 Å². The summed E-state index contributed by atoms with van der Waals surface area (Å²) in [5, 5.41) is 4.98. The molecule has 1 aromatic rings. The highest BCUT2D eigenvalue weighted by atomic mass is 19.3. The molecule has 0 spiro atoms. The molecule has 0 radical (unpaired) electrons. The Morgan fingerprint density at radius 2 is 2.11 bits per heavy atom. The molecule has 0 fully saturated rings. The molecule has 3 nitrogen and oxygen atoms in total. The van der Waals surface area contributed by atoms with Crippen LogP contribution in [0.15, 0.2) is 18.2 Å². The van der Waals surface area contributed by atoms with Gasteiger partial charge in [-0.1, -0.05) is 12.1 Å². The highest BCUT2D eigenvalue weighted by Crippen LogP contribution is 2.28. The van der Waals surface area contributed by atoms with Gasteiger partial charge in [-0.3, -0.25) is 4.79 Å². The van der Waals surface area contributed by atoms with Crippen LogP contribution >= 0.6 is 0 Å². The minimum Gasteiger partial charge on any atom is -0.320 e. The summed E-state index contributed by atoms with van der Waals surface area (Å²) in [5.41, 5.74) is 1.74. The number of rotatable bonds is 3. The van der Waals surface area contributed by atoms with Crippen molar-refractivity contribution in [3.63, 3.8) is 0 Å². The van der Waals surface area contributed by atoms with Crippen LogP contribution in [0.2, 0.25) is 0 Å². The van der Waals surface area contributed by atoms with E-state index >= 15 is 0 Å². The van der Waals surface area contributed by atoms with Crippen molar-refractivity contribution in [3.8, 4) is 0 Å². The zero-order valence-electron chi connectivity index (χ0n) is 9.85. The monoisotopic (exact) mass is 276 g/mol. The Morgan fingerprint density at radius 3 is 2.79 bits per heavy atom. The Bertz CT molecular complexity index is 491. The molecule has 1 aromatic carbocycles. The van der Waals surface area contributed by atoms with Crippen LogP contribution in [0.4, 0.5) is 23.2 Å². The van der Waals surface area contributed by atoms with Gasteiger partial charge in [0.05, 0.1) is 0 Å². The summed E-state index contributed by atoms with van der Waals surface area (Å²) < 4.78 is 49.9. The average Bonchev–Trinajstić information content (AvgIpc) is 2.39. The van der Waals surface area contributed by atoms with Gasteiger partial charge in [0.25, 0.3) is 0 Å². The third-order valence-electron chi connectivity index (χ3n) is 2.97. The summed E-state index contributed by atoms with van der Waals surface area (Å²) in [5.74, 6) is -6.66. The van der Waals surface area contributed by atoms with Crippen molar-refractivity contribution in [1.82, 2.24) is 5.32 Å². The normalized spacial score (nSPS) is 15.2. The van der Waals surface area contributed by atoms with Gasteiger partial charge >= 0.3 is 18.3 Å². The van der Waals surface area contributed by atoms with Gasteiger partial charge in [-0.2, -0.15) is 8.78 Å². The number of hydrogen-bond donors (Lipinski definition) is 2. The van der Waals surface area contributed by atoms with Crippen LogP contribution < -0.4 is 10.6 Å². The molecule has 7 heteroatoms. The number of carbonyl (C=O) groups is 1. The van der Waals surface area contributed by atoms with E-state index < -0.39 is 18.3 Å². The van der Waals surface area contributed by atoms with Gasteiger partial charge in [-0.25, -0.2) is 8.78 Å². The molecule has 1 aliphatic rings. The minimum atomic E-state index is -4.68. The van der Waals surface area contributed by atoms with E-state index in [0.717, 1.165) is 5.56 Å². The molecule has 19 heavy (non-hydrogen) atoms. The summed E-state index contributed by atoms with van der Waals surface area (Å²) in [7, 11) is 0. The first kappa shape index (κ1) is 13.8. The quantitative estimate of drug-likeness (QED) is 0.831. The van der Waals surface area contributed by atoms with E-state index in [2.05, 4.69) is 5.32 Å². The standard InChI is InChI=1S/C12H12F4N2O/c13-10(14)12(15,16)11(19)18-9-3-1-2-7-6-17-5-4-8(7)9/h1-3,10,17H,4-6H2,(H,18,19). The van der Waals surface area contributed by atoms with Crippen molar-refractivity contribution in [1.29, 1.82) is 0 Å². The number of nitrogens with one attached hydrogen (secondary N) is 2. The van der Waals surface area contributed by atoms with Crippen molar-refractivity contribution in [2.75, 3.05) is 11.9 Å². The predicted molar refractivity (Wildman–Crippen MR) is 61.4 cm³/mol. The smallest absolute Gasteiger partial charge is 0.320 e. The van der Waals surface area contributed by atoms with E-state index in [1.165, 1.54) is 6.07 Å². The number of anilines is 1. The lowest BCUT2D eigenvalue weighted by molar-refractivity contribution is -0.163. The maximum atomic E-state index is 12.9. The van der Waals surface area contributed by atoms with E-state index in [-0.39, 0.29) is 5.69 Å². The van der Waals surface area contributed by atoms with Crippen molar-refractivity contribution in [2.45, 2.75) is 25.3 Å². The van der Waals surface area contributed by atoms with E-state index in [9.17, 15) is 22.4 Å². The Labute approximate surface area is 107 Å². The fraction of sp³-hybridized carbons (Fsp3) is 0.417. The van der Waals surface area contributed by atoms with Crippen LogP contribution in [-0.2, 0) is 17.8 Å². The molecule has 1 amide bonds. The van der Waals surface area contributed by atoms with Crippen molar-refractivity contribution >= 4 is 11.6 Å². The van der Waals surface area contributed by atoms with Crippen LogP contribution in [-0.4, -0.2) is 24.8 Å². The Morgan fingerprint density at radius 1 is 1.37 bits per heavy atom. The fourth-order valence-corrected chi connectivity index (χ4v) is 1.95. The summed E-state index contributed by atoms with van der Waals surface area (Å²) in [6, 6.07) is 4.81. The van der Waals surface area contributed by atoms with Crippen LogP contribution in [0, 0.1) is 0 Å². The minimum absolute atomic E-state index is 0.171. The second kappa shape index (κ2) is 5.16. The molecule has 104 valence electrons. The maximum absolute atomic E-state index is 12.9. The lowest BCUT2D eigenvalue weighted by atomic mass is 9.99. The first-order chi connectivity index (χ1) is 8.93. The lowest BCUT2D eigenvalue weighted by Crippen LogP contribution is -2.41. The maximum Gasteiger partial charge on any atom is 0.383 e. The van der Waals surface area contributed by atoms with E-state index in [0.29, 0.717) is 25.1 Å². The zero-order chi connectivity index (χ0) is 14.0. The topological polar surface area (TPSA) is 41.1 Å². The Kier molecular flexibility index (Phi) is 3.75. The van der Waals surface area contributed by atoms with Gasteiger partial charge < -0.3 is 10.6 Å². The number of hydrogen-bond acceptors (Lipinski definition) is 2. The first-order valence-electron chi connectivity index (χ1n) is 5.72. The third-order valence-corrected chi connectivity index (χ3v) is 2.97. The molecule has 1 heterocycles. The number of carbonyl (C=O) groups excluding carboxylic acids is 1. The SMILES string of the molecule is O=C(Nc1cccc2c1CCNC2)C(F)(F)C(F)F. The average molecular weight is 276 g/mol. The largest absolute Gasteiger partial charge is 0.383 e. The molecule has 2 N–H and O–H groups in total. The Balaban J connectivity index is 2.22. The molecule has 0 unspecified atom stereocenters. The van der Waals surface area contributed by atoms with Gasteiger partial charge in [0.2, 0.25) is 0 Å². The summed E-state index contributed by atoms with van der Waals surface area (Å²) in [6.07, 6.45) is -3.47. The summed E-state index contributed by atoms with van der Waals surface area (Å²) >= 11 is 0. The van der Waals surface area contributed by atoms with Gasteiger partial charge in [0.15, 0.2) is 0 Å². The molecule has 0 aliphatic carbocycles. The van der Waals surface area contributed by atoms with Crippen molar-refractivity contribution in [2.24, 2.45) is 0 Å². The lowest BCUT2D eigenvalue weighted by Gasteiger charge is -2.22. The summed E-state index contributed by atoms with van der Waals surface area (Å²) in [6.45, 7) is 1.20. The number of halogens is 4. The molecule has 0 saturated heterocycles. The molecule has 0 atom stereocenters. The van der Waals surface area contributed by atoms with Crippen LogP contribution in [0.3, 0.4) is 0 Å². The van der Waals surface area contributed by atoms with Crippen LogP contribution in [0.25, 0.3) is 0 Å². The molecule has 0 saturated carbocycles. The number of amides is 1. The molecular formula is C12H12F4N2O. The predicted octanol–water partition coefficient (Wildman–Crippen LogP) is 2.17. The van der Waals surface area contributed by atoms with Crippen LogP contribution in [0.5, 0.6) is 0 Å². The Hall–Kier alpha value is -1.63. The van der Waals surface area contributed by atoms with E-state index in [1.807, 2.05) is 5.32 Å². The van der Waals surface area contributed by atoms with Gasteiger partial charge in [-0.05, 0) is 30.2 Å². The molecule has 0 aromatic heterocycles. The second-order valence-corrected chi connectivity index (χ2v) is 4.25. The number of fused-ring (bicyclic) bond motifs is 1. The highest BCUT2D eigenvalue weighted by molar-refractivity contribution is 5.97. The summed E-state index contributed by atoms with van der Waals surface area (Å²) in [4.78, 5) is 11.2. The number of alkyl halides is 4. The van der Waals surface area contributed by atoms with Crippen molar-refractivity contribution in [3.05, 3.63) is 29.3 Å². The van der Waals surface area contributed by atoms with Crippen molar-refractivity contribution < 1.29 is 22.4 Å². The zero-order valence-corrected chi connectivity index (χ0v) is 9.85. The van der Waals surface area contributed by atoms with E-state index in [4.69, 9.17) is 0 Å².